The fraction of sp³-hybridized carbons (Fsp3) is 1.00. The van der Waals surface area contributed by atoms with E-state index in [2.05, 4.69) is 0 Å². The summed E-state index contributed by atoms with van der Waals surface area (Å²) in [5.41, 5.74) is 0. The van der Waals surface area contributed by atoms with Crippen molar-refractivity contribution in [3.8, 4) is 0 Å². The molecule has 0 unspecified atom stereocenters. The average molecular weight is 354 g/mol. The zero-order valence-corrected chi connectivity index (χ0v) is 8.70. The highest BCUT2D eigenvalue weighted by molar-refractivity contribution is 4.90. The number of rotatable bonds is 4. The normalized spacial score (nSPS) is 16.3. The van der Waals surface area contributed by atoms with Crippen LogP contribution in [0.15, 0.2) is 0 Å². The summed E-state index contributed by atoms with van der Waals surface area (Å²) in [6.45, 7) is 0. The maximum Gasteiger partial charge on any atom is 0.462 e. The average Bonchev–Trinajstić information content (AvgIpc) is 2.11. The summed E-state index contributed by atoms with van der Waals surface area (Å²) in [7, 11) is 0. The Labute approximate surface area is 104 Å². The Balaban J connectivity index is 5.65. The van der Waals surface area contributed by atoms with Crippen molar-refractivity contribution in [2.24, 2.45) is 0 Å². The van der Waals surface area contributed by atoms with Gasteiger partial charge in [0.15, 0.2) is 0 Å². The van der Waals surface area contributed by atoms with E-state index in [0.29, 0.717) is 0 Å². The number of ether oxygens (including phenoxy) is 1. The Morgan fingerprint density at radius 3 is 0.714 bits per heavy atom. The van der Waals surface area contributed by atoms with Crippen LogP contribution >= 0.6 is 0 Å². The van der Waals surface area contributed by atoms with E-state index in [4.69, 9.17) is 0 Å². The molecule has 0 spiro atoms. The second-order valence-electron chi connectivity index (χ2n) is 3.28. The molecule has 0 amide bonds. The lowest BCUT2D eigenvalue weighted by Crippen LogP contribution is -2.61. The molecule has 0 aromatic heterocycles. The highest BCUT2D eigenvalue weighted by atomic mass is 19.4. The Kier molecular flexibility index (Phi) is 4.51. The first-order valence-electron chi connectivity index (χ1n) is 4.05. The minimum atomic E-state index is -7.45. The molecule has 0 saturated heterocycles. The van der Waals surface area contributed by atoms with Crippen LogP contribution in [0, 0.1) is 0 Å². The van der Waals surface area contributed by atoms with Gasteiger partial charge in [0, 0.05) is 0 Å². The maximum absolute atomic E-state index is 12.2. The van der Waals surface area contributed by atoms with Crippen molar-refractivity contribution < 1.29 is 66.2 Å². The molecular formula is C6F14O. The first-order chi connectivity index (χ1) is 8.71. The topological polar surface area (TPSA) is 9.23 Å². The van der Waals surface area contributed by atoms with E-state index >= 15 is 0 Å². The minimum absolute atomic E-state index is 1.20. The van der Waals surface area contributed by atoms with Crippen molar-refractivity contribution in [2.75, 3.05) is 0 Å². The molecule has 0 radical (unpaired) electrons. The smallest absolute Gasteiger partial charge is 0.245 e. The highest BCUT2D eigenvalue weighted by Crippen LogP contribution is 2.53. The molecule has 0 N–H and O–H groups in total. The molecule has 1 nitrogen and oxygen atoms in total. The van der Waals surface area contributed by atoms with Crippen molar-refractivity contribution >= 4 is 0 Å². The van der Waals surface area contributed by atoms with E-state index in [-0.39, 0.29) is 0 Å². The Morgan fingerprint density at radius 1 is 0.381 bits per heavy atom. The van der Waals surface area contributed by atoms with Gasteiger partial charge in [-0.15, -0.1) is 0 Å². The molecule has 0 aliphatic carbocycles. The minimum Gasteiger partial charge on any atom is -0.245 e. The molecule has 0 fully saturated rings. The van der Waals surface area contributed by atoms with Gasteiger partial charge >= 0.3 is 36.4 Å². The summed E-state index contributed by atoms with van der Waals surface area (Å²) < 4.78 is 167. The first-order valence-corrected chi connectivity index (χ1v) is 4.05. The second-order valence-corrected chi connectivity index (χ2v) is 3.28. The van der Waals surface area contributed by atoms with Crippen LogP contribution in [0.5, 0.6) is 0 Å². The molecule has 0 aliphatic heterocycles. The van der Waals surface area contributed by atoms with E-state index in [9.17, 15) is 61.5 Å². The Morgan fingerprint density at radius 2 is 0.571 bits per heavy atom. The van der Waals surface area contributed by atoms with E-state index in [1.54, 1.807) is 0 Å². The Hall–Kier alpha value is -1.02. The van der Waals surface area contributed by atoms with Gasteiger partial charge in [-0.3, -0.25) is 0 Å². The summed E-state index contributed by atoms with van der Waals surface area (Å²) >= 11 is 0. The molecule has 21 heavy (non-hydrogen) atoms. The number of hydrogen-bond donors (Lipinski definition) is 0. The standard InChI is InChI=1S/C6F14O/c7-1(8,3(11,12)13)5(17,18)21-6(19,20)2(9,10)4(14,15)16. The molecule has 0 aromatic carbocycles. The largest absolute Gasteiger partial charge is 0.462 e. The summed E-state index contributed by atoms with van der Waals surface area (Å²) in [5.74, 6) is -14.9. The molecule has 15 heteroatoms. The summed E-state index contributed by atoms with van der Waals surface area (Å²) in [5, 5.41) is 0. The fourth-order valence-electron chi connectivity index (χ4n) is 0.619. The van der Waals surface area contributed by atoms with Gasteiger partial charge in [0.05, 0.1) is 0 Å². The summed E-state index contributed by atoms with van der Waals surface area (Å²) in [4.78, 5) is 0. The SMILES string of the molecule is FC(F)(F)C(F)(F)C(F)(F)OC(F)(F)C(F)(F)C(F)(F)F. The van der Waals surface area contributed by atoms with Gasteiger partial charge in [-0.05, 0) is 0 Å². The lowest BCUT2D eigenvalue weighted by Gasteiger charge is -2.33. The molecule has 0 saturated carbocycles. The lowest BCUT2D eigenvalue weighted by atomic mass is 10.2. The molecule has 0 aliphatic rings. The van der Waals surface area contributed by atoms with Crippen LogP contribution in [0.25, 0.3) is 0 Å². The zero-order valence-electron chi connectivity index (χ0n) is 8.70. The number of halogens is 14. The van der Waals surface area contributed by atoms with Crippen LogP contribution in [-0.4, -0.2) is 36.4 Å². The monoisotopic (exact) mass is 354 g/mol. The van der Waals surface area contributed by atoms with E-state index in [1.807, 2.05) is 0 Å². The van der Waals surface area contributed by atoms with Crippen molar-refractivity contribution in [3.05, 3.63) is 0 Å². The van der Waals surface area contributed by atoms with Crippen molar-refractivity contribution in [1.29, 1.82) is 0 Å². The van der Waals surface area contributed by atoms with Gasteiger partial charge < -0.3 is 0 Å². The van der Waals surface area contributed by atoms with E-state index in [0.717, 1.165) is 0 Å². The van der Waals surface area contributed by atoms with Gasteiger partial charge in [-0.2, -0.15) is 61.5 Å². The molecule has 0 rings (SSSR count). The maximum atomic E-state index is 12.2. The lowest BCUT2D eigenvalue weighted by molar-refractivity contribution is -0.515. The van der Waals surface area contributed by atoms with Gasteiger partial charge in [0.1, 0.15) is 0 Å². The third-order valence-electron chi connectivity index (χ3n) is 1.70. The van der Waals surface area contributed by atoms with E-state index in [1.165, 1.54) is 4.74 Å². The quantitative estimate of drug-likeness (QED) is 0.672. The van der Waals surface area contributed by atoms with Gasteiger partial charge in [0.2, 0.25) is 0 Å². The summed E-state index contributed by atoms with van der Waals surface area (Å²) in [6.07, 6.45) is -29.3. The predicted molar refractivity (Wildman–Crippen MR) is 33.0 cm³/mol. The first kappa shape index (κ1) is 20.0. The van der Waals surface area contributed by atoms with Gasteiger partial charge in [-0.1, -0.05) is 0 Å². The molecular weight excluding hydrogens is 354 g/mol. The summed E-state index contributed by atoms with van der Waals surface area (Å²) in [6, 6.07) is 0. The molecule has 0 heterocycles. The van der Waals surface area contributed by atoms with Crippen molar-refractivity contribution in [3.63, 3.8) is 0 Å². The van der Waals surface area contributed by atoms with Gasteiger partial charge in [0.25, 0.3) is 0 Å². The van der Waals surface area contributed by atoms with Crippen molar-refractivity contribution in [1.82, 2.24) is 0 Å². The van der Waals surface area contributed by atoms with Crippen LogP contribution in [0.3, 0.4) is 0 Å². The van der Waals surface area contributed by atoms with E-state index < -0.39 is 36.4 Å². The van der Waals surface area contributed by atoms with Crippen LogP contribution in [-0.2, 0) is 4.74 Å². The van der Waals surface area contributed by atoms with Crippen LogP contribution in [0.1, 0.15) is 0 Å². The Bertz CT molecular complexity index is 338. The third-order valence-corrected chi connectivity index (χ3v) is 1.70. The van der Waals surface area contributed by atoms with Crippen LogP contribution < -0.4 is 0 Å². The number of hydrogen-bond acceptors (Lipinski definition) is 1. The molecule has 0 aromatic rings. The number of alkyl halides is 14. The second kappa shape index (κ2) is 4.74. The molecule has 0 bridgehead atoms. The van der Waals surface area contributed by atoms with Crippen LogP contribution in [0.2, 0.25) is 0 Å². The molecule has 128 valence electrons. The predicted octanol–water partition coefficient (Wildman–Crippen LogP) is 4.58. The highest BCUT2D eigenvalue weighted by Gasteiger charge is 2.82. The molecule has 0 atom stereocenters. The third kappa shape index (κ3) is 3.26. The zero-order chi connectivity index (χ0) is 17.7. The fourth-order valence-corrected chi connectivity index (χ4v) is 0.619. The van der Waals surface area contributed by atoms with Gasteiger partial charge in [-0.25, -0.2) is 4.74 Å². The van der Waals surface area contributed by atoms with Crippen LogP contribution in [0.4, 0.5) is 61.5 Å². The van der Waals surface area contributed by atoms with Crippen molar-refractivity contribution in [2.45, 2.75) is 36.4 Å².